The van der Waals surface area contributed by atoms with E-state index >= 15 is 0 Å². The van der Waals surface area contributed by atoms with Gasteiger partial charge in [-0.15, -0.1) is 0 Å². The van der Waals surface area contributed by atoms with Crippen LogP contribution >= 0.6 is 27.5 Å². The van der Waals surface area contributed by atoms with Gasteiger partial charge in [-0.3, -0.25) is 4.98 Å². The van der Waals surface area contributed by atoms with E-state index in [9.17, 15) is 0 Å². The minimum Gasteiger partial charge on any atom is -0.489 e. The number of nitrogens with zero attached hydrogens (tertiary/aromatic N) is 1. The summed E-state index contributed by atoms with van der Waals surface area (Å²) in [4.78, 5) is 4.14. The average molecular weight is 368 g/mol. The van der Waals surface area contributed by atoms with Crippen LogP contribution in [0.4, 0.5) is 0 Å². The highest BCUT2D eigenvalue weighted by atomic mass is 79.9. The molecule has 21 heavy (non-hydrogen) atoms. The summed E-state index contributed by atoms with van der Waals surface area (Å²) < 4.78 is 6.88. The summed E-state index contributed by atoms with van der Waals surface area (Å²) >= 11 is 9.50. The molecule has 0 spiro atoms. The SMILES string of the molecule is Clc1ccc(OCc2cncc(Br)c2)c(CNC2CC2)c1. The van der Waals surface area contributed by atoms with Crippen LogP contribution in [0, 0.1) is 0 Å². The van der Waals surface area contributed by atoms with E-state index in [1.807, 2.05) is 30.5 Å². The van der Waals surface area contributed by atoms with Crippen molar-refractivity contribution >= 4 is 27.5 Å². The molecule has 1 aliphatic rings. The van der Waals surface area contributed by atoms with Gasteiger partial charge >= 0.3 is 0 Å². The molecule has 1 aromatic heterocycles. The van der Waals surface area contributed by atoms with Crippen LogP contribution in [0.15, 0.2) is 41.1 Å². The molecule has 0 radical (unpaired) electrons. The zero-order valence-corrected chi connectivity index (χ0v) is 13.8. The Balaban J connectivity index is 1.68. The van der Waals surface area contributed by atoms with Crippen molar-refractivity contribution in [2.75, 3.05) is 0 Å². The monoisotopic (exact) mass is 366 g/mol. The van der Waals surface area contributed by atoms with Crippen molar-refractivity contribution in [1.29, 1.82) is 0 Å². The highest BCUT2D eigenvalue weighted by molar-refractivity contribution is 9.10. The van der Waals surface area contributed by atoms with Gasteiger partial charge in [0.25, 0.3) is 0 Å². The summed E-state index contributed by atoms with van der Waals surface area (Å²) in [5.74, 6) is 0.868. The van der Waals surface area contributed by atoms with E-state index in [1.54, 1.807) is 6.20 Å². The van der Waals surface area contributed by atoms with Crippen molar-refractivity contribution in [3.63, 3.8) is 0 Å². The quantitative estimate of drug-likeness (QED) is 0.825. The van der Waals surface area contributed by atoms with Crippen LogP contribution in [0.5, 0.6) is 5.75 Å². The minimum absolute atomic E-state index is 0.491. The first-order chi connectivity index (χ1) is 10.2. The molecule has 1 aliphatic carbocycles. The highest BCUT2D eigenvalue weighted by Crippen LogP contribution is 2.26. The third kappa shape index (κ3) is 4.43. The molecule has 2 aromatic rings. The zero-order chi connectivity index (χ0) is 14.7. The number of hydrogen-bond acceptors (Lipinski definition) is 3. The third-order valence-electron chi connectivity index (χ3n) is 3.34. The van der Waals surface area contributed by atoms with Gasteiger partial charge < -0.3 is 10.1 Å². The van der Waals surface area contributed by atoms with Crippen molar-refractivity contribution in [3.05, 3.63) is 57.3 Å². The Labute approximate surface area is 137 Å². The first-order valence-corrected chi connectivity index (χ1v) is 8.12. The third-order valence-corrected chi connectivity index (χ3v) is 4.01. The Kier molecular flexibility index (Phi) is 4.78. The Hall–Kier alpha value is -1.10. The standard InChI is InChI=1S/C16H16BrClN2O/c17-13-5-11(7-19-9-13)10-21-16-4-1-14(18)6-12(16)8-20-15-2-3-15/h1,4-7,9,15,20H,2-3,8,10H2. The number of rotatable bonds is 6. The smallest absolute Gasteiger partial charge is 0.124 e. The lowest BCUT2D eigenvalue weighted by Crippen LogP contribution is -2.16. The molecule has 3 rings (SSSR count). The molecule has 110 valence electrons. The van der Waals surface area contributed by atoms with E-state index in [2.05, 4.69) is 26.2 Å². The van der Waals surface area contributed by atoms with Crippen LogP contribution in [-0.4, -0.2) is 11.0 Å². The Morgan fingerprint density at radius 3 is 2.90 bits per heavy atom. The summed E-state index contributed by atoms with van der Waals surface area (Å²) in [5, 5.41) is 4.22. The predicted molar refractivity (Wildman–Crippen MR) is 87.6 cm³/mol. The lowest BCUT2D eigenvalue weighted by atomic mass is 10.2. The van der Waals surface area contributed by atoms with Crippen LogP contribution in [0.1, 0.15) is 24.0 Å². The lowest BCUT2D eigenvalue weighted by Gasteiger charge is -2.12. The molecule has 0 atom stereocenters. The fourth-order valence-corrected chi connectivity index (χ4v) is 2.67. The van der Waals surface area contributed by atoms with Gasteiger partial charge in [-0.1, -0.05) is 11.6 Å². The molecule has 1 fully saturated rings. The van der Waals surface area contributed by atoms with E-state index < -0.39 is 0 Å². The number of aromatic nitrogens is 1. The number of halogens is 2. The summed E-state index contributed by atoms with van der Waals surface area (Å²) in [7, 11) is 0. The van der Waals surface area contributed by atoms with Crippen LogP contribution < -0.4 is 10.1 Å². The molecule has 0 amide bonds. The Morgan fingerprint density at radius 2 is 2.14 bits per heavy atom. The predicted octanol–water partition coefficient (Wildman–Crippen LogP) is 4.33. The molecule has 1 heterocycles. The maximum absolute atomic E-state index is 6.09. The van der Waals surface area contributed by atoms with Crippen LogP contribution in [-0.2, 0) is 13.2 Å². The summed E-state index contributed by atoms with van der Waals surface area (Å²) in [6.45, 7) is 1.28. The van der Waals surface area contributed by atoms with Crippen LogP contribution in [0.2, 0.25) is 5.02 Å². The van der Waals surface area contributed by atoms with Gasteiger partial charge in [-0.05, 0) is 53.0 Å². The average Bonchev–Trinajstić information content (AvgIpc) is 3.28. The van der Waals surface area contributed by atoms with Crippen molar-refractivity contribution in [2.24, 2.45) is 0 Å². The van der Waals surface area contributed by atoms with Gasteiger partial charge in [-0.2, -0.15) is 0 Å². The fourth-order valence-electron chi connectivity index (χ4n) is 2.06. The number of ether oxygens (including phenoxy) is 1. The normalized spacial score (nSPS) is 14.2. The molecule has 0 aliphatic heterocycles. The largest absolute Gasteiger partial charge is 0.489 e. The number of nitrogens with one attached hydrogen (secondary N) is 1. The van der Waals surface area contributed by atoms with E-state index in [1.165, 1.54) is 12.8 Å². The second-order valence-corrected chi connectivity index (χ2v) is 6.56. The summed E-state index contributed by atoms with van der Waals surface area (Å²) in [5.41, 5.74) is 2.12. The lowest BCUT2D eigenvalue weighted by molar-refractivity contribution is 0.301. The molecule has 0 bridgehead atoms. The topological polar surface area (TPSA) is 34.1 Å². The van der Waals surface area contributed by atoms with Gasteiger partial charge in [0.05, 0.1) is 0 Å². The molecule has 0 saturated heterocycles. The van der Waals surface area contributed by atoms with Crippen LogP contribution in [0.25, 0.3) is 0 Å². The van der Waals surface area contributed by atoms with Gasteiger partial charge in [0.15, 0.2) is 0 Å². The van der Waals surface area contributed by atoms with E-state index in [-0.39, 0.29) is 0 Å². The first-order valence-electron chi connectivity index (χ1n) is 6.95. The van der Waals surface area contributed by atoms with Gasteiger partial charge in [0, 0.05) is 45.6 Å². The zero-order valence-electron chi connectivity index (χ0n) is 11.5. The Bertz CT molecular complexity index is 631. The van der Waals surface area contributed by atoms with Crippen molar-refractivity contribution in [1.82, 2.24) is 10.3 Å². The highest BCUT2D eigenvalue weighted by Gasteiger charge is 2.20. The fraction of sp³-hybridized carbons (Fsp3) is 0.312. The van der Waals surface area contributed by atoms with Crippen molar-refractivity contribution < 1.29 is 4.74 Å². The van der Waals surface area contributed by atoms with E-state index in [4.69, 9.17) is 16.3 Å². The number of pyridine rings is 1. The summed E-state index contributed by atoms with van der Waals surface area (Å²) in [6.07, 6.45) is 6.10. The van der Waals surface area contributed by atoms with Gasteiger partial charge in [-0.25, -0.2) is 0 Å². The number of hydrogen-bond donors (Lipinski definition) is 1. The van der Waals surface area contributed by atoms with Crippen molar-refractivity contribution in [2.45, 2.75) is 32.0 Å². The van der Waals surface area contributed by atoms with E-state index in [0.29, 0.717) is 12.6 Å². The molecule has 5 heteroatoms. The first kappa shape index (κ1) is 14.8. The molecule has 1 aromatic carbocycles. The molecular weight excluding hydrogens is 352 g/mol. The molecule has 1 saturated carbocycles. The number of benzene rings is 1. The van der Waals surface area contributed by atoms with E-state index in [0.717, 1.165) is 32.9 Å². The van der Waals surface area contributed by atoms with Crippen LogP contribution in [0.3, 0.4) is 0 Å². The van der Waals surface area contributed by atoms with Gasteiger partial charge in [0.2, 0.25) is 0 Å². The maximum Gasteiger partial charge on any atom is 0.124 e. The molecule has 3 nitrogen and oxygen atoms in total. The molecular formula is C16H16BrClN2O. The van der Waals surface area contributed by atoms with Crippen molar-refractivity contribution in [3.8, 4) is 5.75 Å². The van der Waals surface area contributed by atoms with Gasteiger partial charge in [0.1, 0.15) is 12.4 Å². The second kappa shape index (κ2) is 6.77. The molecule has 0 unspecified atom stereocenters. The Morgan fingerprint density at radius 1 is 1.29 bits per heavy atom. The second-order valence-electron chi connectivity index (χ2n) is 5.21. The molecule has 1 N–H and O–H groups in total. The summed E-state index contributed by atoms with van der Waals surface area (Å²) in [6, 6.07) is 8.41. The minimum atomic E-state index is 0.491. The maximum atomic E-state index is 6.09.